The number of imide groups is 1. The van der Waals surface area contributed by atoms with Gasteiger partial charge in [0.25, 0.3) is 11.8 Å². The number of amides is 5. The fourth-order valence-corrected chi connectivity index (χ4v) is 2.49. The summed E-state index contributed by atoms with van der Waals surface area (Å²) >= 11 is 0. The molecule has 0 saturated carbocycles. The van der Waals surface area contributed by atoms with Gasteiger partial charge in [0, 0.05) is 38.1 Å². The summed E-state index contributed by atoms with van der Waals surface area (Å²) in [5.74, 6) is -1.80. The summed E-state index contributed by atoms with van der Waals surface area (Å²) in [5.41, 5.74) is -0.259. The number of hydrogen-bond donors (Lipinski definition) is 3. The molecule has 0 fully saturated rings. The van der Waals surface area contributed by atoms with E-state index in [-0.39, 0.29) is 43.3 Å². The van der Waals surface area contributed by atoms with Gasteiger partial charge in [-0.15, -0.1) is 0 Å². The lowest BCUT2D eigenvalue weighted by Gasteiger charge is -2.16. The molecule has 0 bridgehead atoms. The third-order valence-corrected chi connectivity index (χ3v) is 4.67. The summed E-state index contributed by atoms with van der Waals surface area (Å²) in [7, 11) is 1.98. The van der Waals surface area contributed by atoms with Gasteiger partial charge in [0.15, 0.2) is 5.52 Å². The van der Waals surface area contributed by atoms with Crippen molar-refractivity contribution in [2.24, 2.45) is 0 Å². The van der Waals surface area contributed by atoms with Gasteiger partial charge in [0.1, 0.15) is 6.04 Å². The normalized spacial score (nSPS) is 15.1. The molecule has 1 aliphatic rings. The Balaban J connectivity index is 2.13. The second-order valence-corrected chi connectivity index (χ2v) is 7.21. The molecule has 29 heavy (non-hydrogen) atoms. The van der Waals surface area contributed by atoms with Crippen LogP contribution in [0.25, 0.3) is 0 Å². The number of carbonyl (C=O) groups is 6. The van der Waals surface area contributed by atoms with E-state index in [1.165, 1.54) is 19.1 Å². The van der Waals surface area contributed by atoms with Crippen LogP contribution in [-0.4, -0.2) is 65.1 Å². The van der Waals surface area contributed by atoms with Crippen LogP contribution < -0.4 is 16.0 Å². The lowest BCUT2D eigenvalue weighted by molar-refractivity contribution is -0.137. The molecular formula is C18H27N4O6P. The Hall–Kier alpha value is -2.61. The van der Waals surface area contributed by atoms with Crippen molar-refractivity contribution in [1.82, 2.24) is 20.9 Å². The highest BCUT2D eigenvalue weighted by atomic mass is 31.0. The quantitative estimate of drug-likeness (QED) is 0.208. The van der Waals surface area contributed by atoms with Gasteiger partial charge in [-0.05, 0) is 26.7 Å². The Morgan fingerprint density at radius 2 is 1.48 bits per heavy atom. The second-order valence-electron chi connectivity index (χ2n) is 6.64. The van der Waals surface area contributed by atoms with Crippen molar-refractivity contribution in [3.63, 3.8) is 0 Å². The molecule has 3 N–H and O–H groups in total. The van der Waals surface area contributed by atoms with Crippen molar-refractivity contribution < 1.29 is 28.8 Å². The SMILES string of the molecule is CC(NC(=O)C(C)NC(=O)CCCCC(=O)NCCN1C(=O)C=CC1=O)C(=O)P. The van der Waals surface area contributed by atoms with Crippen molar-refractivity contribution in [2.45, 2.75) is 51.6 Å². The minimum Gasteiger partial charge on any atom is -0.354 e. The van der Waals surface area contributed by atoms with Crippen LogP contribution in [0.4, 0.5) is 0 Å². The van der Waals surface area contributed by atoms with Gasteiger partial charge >= 0.3 is 0 Å². The van der Waals surface area contributed by atoms with Gasteiger partial charge in [0.2, 0.25) is 17.7 Å². The van der Waals surface area contributed by atoms with Crippen molar-refractivity contribution in [2.75, 3.05) is 13.1 Å². The molecular weight excluding hydrogens is 399 g/mol. The molecule has 0 aromatic rings. The summed E-state index contributed by atoms with van der Waals surface area (Å²) in [4.78, 5) is 70.3. The molecule has 11 heteroatoms. The minimum absolute atomic E-state index is 0.111. The second kappa shape index (κ2) is 12.1. The van der Waals surface area contributed by atoms with Crippen LogP contribution in [0.15, 0.2) is 12.2 Å². The fraction of sp³-hybridized carbons (Fsp3) is 0.556. The Kier molecular flexibility index (Phi) is 10.2. The van der Waals surface area contributed by atoms with Crippen LogP contribution in [0, 0.1) is 0 Å². The van der Waals surface area contributed by atoms with Crippen LogP contribution in [0.2, 0.25) is 0 Å². The molecule has 0 aromatic carbocycles. The standard InChI is InChI=1S/C18H27N4O6P/c1-11(17(27)21-12(2)18(28)29)20-14(24)6-4-3-5-13(23)19-9-10-22-15(25)7-8-16(22)26/h7-8,11-12H,3-6,9-10,29H2,1-2H3,(H,19,23)(H,20,24)(H,21,27). The molecule has 0 radical (unpaired) electrons. The van der Waals surface area contributed by atoms with Crippen LogP contribution in [0.3, 0.4) is 0 Å². The number of unbranched alkanes of at least 4 members (excludes halogenated alkanes) is 1. The first-order valence-electron chi connectivity index (χ1n) is 9.31. The number of nitrogens with one attached hydrogen (secondary N) is 3. The first kappa shape index (κ1) is 24.4. The third-order valence-electron chi connectivity index (χ3n) is 4.17. The Bertz CT molecular complexity index is 690. The average molecular weight is 426 g/mol. The first-order valence-corrected chi connectivity index (χ1v) is 9.88. The van der Waals surface area contributed by atoms with E-state index in [9.17, 15) is 28.8 Å². The topological polar surface area (TPSA) is 142 Å². The molecule has 3 unspecified atom stereocenters. The minimum atomic E-state index is -0.775. The first-order chi connectivity index (χ1) is 13.6. The maximum atomic E-state index is 11.9. The van der Waals surface area contributed by atoms with E-state index < -0.39 is 29.8 Å². The van der Waals surface area contributed by atoms with Crippen LogP contribution in [0.1, 0.15) is 39.5 Å². The predicted molar refractivity (Wildman–Crippen MR) is 107 cm³/mol. The maximum Gasteiger partial charge on any atom is 0.253 e. The van der Waals surface area contributed by atoms with Gasteiger partial charge in [-0.3, -0.25) is 33.7 Å². The highest BCUT2D eigenvalue weighted by molar-refractivity contribution is 7.40. The molecule has 0 aliphatic carbocycles. The average Bonchev–Trinajstić information content (AvgIpc) is 2.97. The summed E-state index contributed by atoms with van der Waals surface area (Å²) in [6.45, 7) is 3.35. The smallest absolute Gasteiger partial charge is 0.253 e. The van der Waals surface area contributed by atoms with E-state index in [0.717, 1.165) is 4.90 Å². The highest BCUT2D eigenvalue weighted by Gasteiger charge is 2.22. The van der Waals surface area contributed by atoms with Gasteiger partial charge < -0.3 is 16.0 Å². The zero-order valence-corrected chi connectivity index (χ0v) is 17.7. The Labute approximate surface area is 171 Å². The lowest BCUT2D eigenvalue weighted by Crippen LogP contribution is -2.48. The molecule has 3 atom stereocenters. The molecule has 160 valence electrons. The maximum absolute atomic E-state index is 11.9. The molecule has 0 aromatic heterocycles. The predicted octanol–water partition coefficient (Wildman–Crippen LogP) is -1.00. The fourth-order valence-electron chi connectivity index (χ4n) is 2.41. The monoisotopic (exact) mass is 426 g/mol. The van der Waals surface area contributed by atoms with E-state index in [2.05, 4.69) is 16.0 Å². The van der Waals surface area contributed by atoms with E-state index >= 15 is 0 Å². The summed E-state index contributed by atoms with van der Waals surface area (Å²) in [6.07, 6.45) is 3.66. The van der Waals surface area contributed by atoms with Crippen molar-refractivity contribution in [1.29, 1.82) is 0 Å². The van der Waals surface area contributed by atoms with Gasteiger partial charge in [0.05, 0.1) is 6.04 Å². The molecule has 1 rings (SSSR count). The summed E-state index contributed by atoms with van der Waals surface area (Å²) in [5, 5.41) is 7.64. The number of nitrogens with zero attached hydrogens (tertiary/aromatic N) is 1. The molecule has 10 nitrogen and oxygen atoms in total. The van der Waals surface area contributed by atoms with Gasteiger partial charge in [-0.25, -0.2) is 0 Å². The van der Waals surface area contributed by atoms with E-state index in [4.69, 9.17) is 0 Å². The zero-order chi connectivity index (χ0) is 22.0. The summed E-state index contributed by atoms with van der Waals surface area (Å²) in [6, 6.07) is -1.42. The largest absolute Gasteiger partial charge is 0.354 e. The van der Waals surface area contributed by atoms with Crippen LogP contribution >= 0.6 is 9.24 Å². The van der Waals surface area contributed by atoms with E-state index in [0.29, 0.717) is 12.8 Å². The van der Waals surface area contributed by atoms with Crippen molar-refractivity contribution in [3.8, 4) is 0 Å². The lowest BCUT2D eigenvalue weighted by atomic mass is 10.1. The molecule has 1 heterocycles. The number of hydrogen-bond acceptors (Lipinski definition) is 6. The summed E-state index contributed by atoms with van der Waals surface area (Å²) < 4.78 is 0. The van der Waals surface area contributed by atoms with Gasteiger partial charge in [-0.1, -0.05) is 9.24 Å². The van der Waals surface area contributed by atoms with Crippen LogP contribution in [0.5, 0.6) is 0 Å². The Morgan fingerprint density at radius 1 is 0.931 bits per heavy atom. The molecule has 0 saturated heterocycles. The zero-order valence-electron chi connectivity index (χ0n) is 16.5. The third kappa shape index (κ3) is 8.95. The molecule has 5 amide bonds. The number of carbonyl (C=O) groups excluding carboxylic acids is 6. The van der Waals surface area contributed by atoms with Crippen molar-refractivity contribution >= 4 is 44.3 Å². The van der Waals surface area contributed by atoms with E-state index in [1.54, 1.807) is 6.92 Å². The number of rotatable bonds is 12. The highest BCUT2D eigenvalue weighted by Crippen LogP contribution is 2.03. The van der Waals surface area contributed by atoms with Gasteiger partial charge in [-0.2, -0.15) is 0 Å². The molecule has 1 aliphatic heterocycles. The van der Waals surface area contributed by atoms with E-state index in [1.807, 2.05) is 9.24 Å². The Morgan fingerprint density at radius 3 is 2.03 bits per heavy atom. The van der Waals surface area contributed by atoms with Crippen molar-refractivity contribution in [3.05, 3.63) is 12.2 Å². The molecule has 0 spiro atoms. The van der Waals surface area contributed by atoms with Crippen LogP contribution in [-0.2, 0) is 28.8 Å².